The Labute approximate surface area is 202 Å². The molecule has 2 atom stereocenters. The van der Waals surface area contributed by atoms with Gasteiger partial charge in [-0.1, -0.05) is 60.7 Å². The van der Waals surface area contributed by atoms with Crippen LogP contribution in [0.3, 0.4) is 0 Å². The van der Waals surface area contributed by atoms with Crippen molar-refractivity contribution in [3.8, 4) is 16.9 Å². The van der Waals surface area contributed by atoms with Crippen LogP contribution in [0.15, 0.2) is 72.8 Å². The second-order valence-electron chi connectivity index (χ2n) is 8.55. The van der Waals surface area contributed by atoms with Crippen LogP contribution in [0.25, 0.3) is 11.1 Å². The largest absolute Gasteiger partial charge is 0.478 e. The lowest BCUT2D eigenvalue weighted by Crippen LogP contribution is -2.53. The first-order valence-corrected chi connectivity index (χ1v) is 11.4. The molecule has 0 aromatic heterocycles. The monoisotopic (exact) mass is 472 g/mol. The first kappa shape index (κ1) is 22.5. The number of anilines is 1. The number of nitrogens with one attached hydrogen (secondary N) is 1. The Balaban J connectivity index is 1.26. The standard InChI is InChI=1S/C27H24N2O6/c1-16(25(30)29-14-24(26(31)32)35-23-13-7-6-12-22(23)29)28-27(33)34-15-21-19-10-4-2-8-17(19)18-9-3-5-11-20(18)21/h2-13,16,21,24H,14-15H2,1H3,(H,28,33)(H,31,32)/t16-,24?/m0/s1. The topological polar surface area (TPSA) is 105 Å². The van der Waals surface area contributed by atoms with Crippen molar-refractivity contribution in [2.45, 2.75) is 25.0 Å². The van der Waals surface area contributed by atoms with E-state index in [0.29, 0.717) is 11.4 Å². The third-order valence-electron chi connectivity index (χ3n) is 6.36. The molecule has 35 heavy (non-hydrogen) atoms. The minimum absolute atomic E-state index is 0.0957. The Kier molecular flexibility index (Phi) is 5.86. The Bertz CT molecular complexity index is 1260. The van der Waals surface area contributed by atoms with Gasteiger partial charge in [-0.25, -0.2) is 9.59 Å². The number of benzene rings is 3. The molecule has 0 saturated carbocycles. The molecule has 5 rings (SSSR count). The number of fused-ring (bicyclic) bond motifs is 4. The zero-order valence-corrected chi connectivity index (χ0v) is 19.0. The molecular formula is C27H24N2O6. The van der Waals surface area contributed by atoms with Gasteiger partial charge in [0.05, 0.1) is 12.2 Å². The van der Waals surface area contributed by atoms with Gasteiger partial charge in [0.25, 0.3) is 0 Å². The molecule has 2 N–H and O–H groups in total. The normalized spacial score (nSPS) is 16.8. The highest BCUT2D eigenvalue weighted by Crippen LogP contribution is 2.44. The van der Waals surface area contributed by atoms with Crippen LogP contribution in [0.2, 0.25) is 0 Å². The van der Waals surface area contributed by atoms with Crippen molar-refractivity contribution in [3.05, 3.63) is 83.9 Å². The molecule has 8 nitrogen and oxygen atoms in total. The number of para-hydroxylation sites is 2. The number of alkyl carbamates (subject to hydrolysis) is 1. The van der Waals surface area contributed by atoms with E-state index in [-0.39, 0.29) is 19.1 Å². The molecule has 1 aliphatic carbocycles. The van der Waals surface area contributed by atoms with Gasteiger partial charge in [-0.05, 0) is 41.3 Å². The lowest BCUT2D eigenvalue weighted by molar-refractivity contribution is -0.145. The number of carboxylic acids is 1. The number of ether oxygens (including phenoxy) is 2. The highest BCUT2D eigenvalue weighted by molar-refractivity contribution is 6.00. The quantitative estimate of drug-likeness (QED) is 0.585. The molecule has 1 unspecified atom stereocenters. The molecule has 3 aromatic carbocycles. The molecule has 0 radical (unpaired) electrons. The number of rotatable bonds is 5. The van der Waals surface area contributed by atoms with Gasteiger partial charge in [-0.3, -0.25) is 4.79 Å². The van der Waals surface area contributed by atoms with E-state index < -0.39 is 30.1 Å². The van der Waals surface area contributed by atoms with Gasteiger partial charge in [0, 0.05) is 5.92 Å². The molecule has 0 spiro atoms. The zero-order chi connectivity index (χ0) is 24.5. The van der Waals surface area contributed by atoms with Gasteiger partial charge >= 0.3 is 12.1 Å². The van der Waals surface area contributed by atoms with E-state index in [1.807, 2.05) is 36.4 Å². The second-order valence-corrected chi connectivity index (χ2v) is 8.55. The molecule has 2 aliphatic rings. The summed E-state index contributed by atoms with van der Waals surface area (Å²) in [5.41, 5.74) is 4.89. The van der Waals surface area contributed by atoms with Crippen LogP contribution in [0.4, 0.5) is 10.5 Å². The minimum atomic E-state index is -1.20. The number of nitrogens with zero attached hydrogens (tertiary/aromatic N) is 1. The van der Waals surface area contributed by atoms with Gasteiger partial charge in [0.2, 0.25) is 12.0 Å². The summed E-state index contributed by atoms with van der Waals surface area (Å²) in [4.78, 5) is 38.6. The minimum Gasteiger partial charge on any atom is -0.478 e. The van der Waals surface area contributed by atoms with Gasteiger partial charge in [0.1, 0.15) is 18.4 Å². The van der Waals surface area contributed by atoms with Crippen molar-refractivity contribution in [2.24, 2.45) is 0 Å². The van der Waals surface area contributed by atoms with Crippen LogP contribution in [0, 0.1) is 0 Å². The number of aliphatic carboxylic acids is 1. The van der Waals surface area contributed by atoms with Gasteiger partial charge in [-0.2, -0.15) is 0 Å². The summed E-state index contributed by atoms with van der Waals surface area (Å²) in [6.45, 7) is 1.50. The molecule has 0 fully saturated rings. The Morgan fingerprint density at radius 2 is 1.60 bits per heavy atom. The van der Waals surface area contributed by atoms with Crippen LogP contribution in [0.5, 0.6) is 5.75 Å². The lowest BCUT2D eigenvalue weighted by atomic mass is 9.98. The molecule has 178 valence electrons. The number of carbonyl (C=O) groups excluding carboxylic acids is 2. The highest BCUT2D eigenvalue weighted by Gasteiger charge is 2.36. The molecule has 0 saturated heterocycles. The van der Waals surface area contributed by atoms with Crippen molar-refractivity contribution in [2.75, 3.05) is 18.1 Å². The highest BCUT2D eigenvalue weighted by atomic mass is 16.5. The molecule has 8 heteroatoms. The Morgan fingerprint density at radius 3 is 2.26 bits per heavy atom. The van der Waals surface area contributed by atoms with Crippen molar-refractivity contribution < 1.29 is 29.0 Å². The van der Waals surface area contributed by atoms with E-state index in [0.717, 1.165) is 22.3 Å². The maximum absolute atomic E-state index is 13.2. The molecule has 3 aromatic rings. The summed E-state index contributed by atoms with van der Waals surface area (Å²) in [5.74, 6) is -1.43. The van der Waals surface area contributed by atoms with E-state index in [4.69, 9.17) is 9.47 Å². The number of carbonyl (C=O) groups is 3. The first-order chi connectivity index (χ1) is 16.9. The zero-order valence-electron chi connectivity index (χ0n) is 19.0. The summed E-state index contributed by atoms with van der Waals surface area (Å²) in [5, 5.41) is 12.0. The van der Waals surface area contributed by atoms with Crippen molar-refractivity contribution in [1.29, 1.82) is 0 Å². The van der Waals surface area contributed by atoms with Crippen LogP contribution < -0.4 is 15.0 Å². The second kappa shape index (κ2) is 9.13. The predicted molar refractivity (Wildman–Crippen MR) is 129 cm³/mol. The average molecular weight is 472 g/mol. The van der Waals surface area contributed by atoms with E-state index in [2.05, 4.69) is 17.4 Å². The van der Waals surface area contributed by atoms with Gasteiger partial charge in [-0.15, -0.1) is 0 Å². The third kappa shape index (κ3) is 4.19. The predicted octanol–water partition coefficient (Wildman–Crippen LogP) is 3.79. The fraction of sp³-hybridized carbons (Fsp3) is 0.222. The molecule has 1 heterocycles. The summed E-state index contributed by atoms with van der Waals surface area (Å²) in [6, 6.07) is 21.8. The van der Waals surface area contributed by atoms with Crippen LogP contribution in [0.1, 0.15) is 24.0 Å². The van der Waals surface area contributed by atoms with Gasteiger partial charge < -0.3 is 24.8 Å². The summed E-state index contributed by atoms with van der Waals surface area (Å²) < 4.78 is 11.0. The maximum atomic E-state index is 13.2. The summed E-state index contributed by atoms with van der Waals surface area (Å²) in [7, 11) is 0. The number of amides is 2. The van der Waals surface area contributed by atoms with Crippen molar-refractivity contribution in [3.63, 3.8) is 0 Å². The van der Waals surface area contributed by atoms with Crippen molar-refractivity contribution in [1.82, 2.24) is 5.32 Å². The van der Waals surface area contributed by atoms with Crippen LogP contribution in [-0.4, -0.2) is 48.4 Å². The van der Waals surface area contributed by atoms with Crippen LogP contribution >= 0.6 is 0 Å². The first-order valence-electron chi connectivity index (χ1n) is 11.4. The fourth-order valence-electron chi connectivity index (χ4n) is 4.68. The van der Waals surface area contributed by atoms with Crippen LogP contribution in [-0.2, 0) is 14.3 Å². The Hall–Kier alpha value is -4.33. The third-order valence-corrected chi connectivity index (χ3v) is 6.36. The smallest absolute Gasteiger partial charge is 0.407 e. The molecular weight excluding hydrogens is 448 g/mol. The van der Waals surface area contributed by atoms with Crippen molar-refractivity contribution >= 4 is 23.7 Å². The number of carboxylic acid groups (broad SMARTS) is 1. The van der Waals surface area contributed by atoms with E-state index in [1.54, 1.807) is 24.3 Å². The molecule has 0 bridgehead atoms. The fourth-order valence-corrected chi connectivity index (χ4v) is 4.68. The number of hydrogen-bond donors (Lipinski definition) is 2. The maximum Gasteiger partial charge on any atom is 0.407 e. The SMILES string of the molecule is C[C@H](NC(=O)OCC1c2ccccc2-c2ccccc21)C(=O)N1CC(C(=O)O)Oc2ccccc21. The summed E-state index contributed by atoms with van der Waals surface area (Å²) in [6.07, 6.45) is -1.92. The Morgan fingerprint density at radius 1 is 1.00 bits per heavy atom. The average Bonchev–Trinajstić information content (AvgIpc) is 3.20. The van der Waals surface area contributed by atoms with E-state index in [9.17, 15) is 19.5 Å². The van der Waals surface area contributed by atoms with E-state index >= 15 is 0 Å². The van der Waals surface area contributed by atoms with Gasteiger partial charge in [0.15, 0.2) is 0 Å². The lowest BCUT2D eigenvalue weighted by Gasteiger charge is -2.34. The van der Waals surface area contributed by atoms with E-state index in [1.165, 1.54) is 11.8 Å². The molecule has 1 aliphatic heterocycles. The number of hydrogen-bond acceptors (Lipinski definition) is 5. The summed E-state index contributed by atoms with van der Waals surface area (Å²) >= 11 is 0. The molecule has 2 amide bonds.